The number of thioether (sulfide) groups is 1. The van der Waals surface area contributed by atoms with Crippen LogP contribution >= 0.6 is 11.8 Å². The molecule has 1 aromatic heterocycles. The highest BCUT2D eigenvalue weighted by Gasteiger charge is 2.26. The van der Waals surface area contributed by atoms with Gasteiger partial charge in [0, 0.05) is 12.2 Å². The van der Waals surface area contributed by atoms with Gasteiger partial charge in [0.05, 0.1) is 0 Å². The first kappa shape index (κ1) is 18.7. The zero-order valence-electron chi connectivity index (χ0n) is 14.7. The van der Waals surface area contributed by atoms with Crippen molar-refractivity contribution in [1.29, 1.82) is 0 Å². The summed E-state index contributed by atoms with van der Waals surface area (Å²) in [6.45, 7) is 2.22. The Morgan fingerprint density at radius 1 is 1.07 bits per heavy atom. The van der Waals surface area contributed by atoms with Crippen molar-refractivity contribution in [2.45, 2.75) is 17.3 Å². The minimum atomic E-state index is -0.652. The molecule has 0 aliphatic carbocycles. The Morgan fingerprint density at radius 3 is 2.41 bits per heavy atom. The zero-order valence-corrected chi connectivity index (χ0v) is 15.5. The molecule has 0 radical (unpaired) electrons. The Hall–Kier alpha value is -3.13. The van der Waals surface area contributed by atoms with Gasteiger partial charge >= 0.3 is 6.03 Å². The second kappa shape index (κ2) is 9.00. The van der Waals surface area contributed by atoms with E-state index in [-0.39, 0.29) is 0 Å². The van der Waals surface area contributed by atoms with Crippen LogP contribution in [0, 0.1) is 0 Å². The summed E-state index contributed by atoms with van der Waals surface area (Å²) >= 11 is 1.24. The van der Waals surface area contributed by atoms with Crippen molar-refractivity contribution in [2.75, 3.05) is 6.54 Å². The van der Waals surface area contributed by atoms with E-state index in [9.17, 15) is 9.59 Å². The molecule has 0 saturated carbocycles. The van der Waals surface area contributed by atoms with Crippen LogP contribution in [0.2, 0.25) is 0 Å². The first-order valence-electron chi connectivity index (χ1n) is 8.44. The van der Waals surface area contributed by atoms with Gasteiger partial charge in [-0.1, -0.05) is 60.3 Å². The Labute approximate surface area is 161 Å². The SMILES string of the molecule is CCNC(=O)NC(=O)[C@@H](Sc1nncn1-c1ccccc1)c1ccccc1. The largest absolute Gasteiger partial charge is 0.338 e. The standard InChI is InChI=1S/C19H19N5O2S/c1-2-20-18(26)22-17(25)16(14-9-5-3-6-10-14)27-19-23-21-13-24(19)15-11-7-4-8-12-15/h3-13,16H,2H2,1H3,(H2,20,22,25,26)/t16-/m0/s1. The van der Waals surface area contributed by atoms with Gasteiger partial charge in [-0.05, 0) is 24.6 Å². The third-order valence-corrected chi connectivity index (χ3v) is 4.90. The van der Waals surface area contributed by atoms with E-state index in [4.69, 9.17) is 0 Å². The topological polar surface area (TPSA) is 88.9 Å². The van der Waals surface area contributed by atoms with Crippen molar-refractivity contribution in [2.24, 2.45) is 0 Å². The van der Waals surface area contributed by atoms with Crippen molar-refractivity contribution in [1.82, 2.24) is 25.4 Å². The number of carbonyl (C=O) groups is 2. The molecule has 0 aliphatic rings. The average Bonchev–Trinajstić information content (AvgIpc) is 3.16. The first-order chi connectivity index (χ1) is 13.2. The molecule has 27 heavy (non-hydrogen) atoms. The molecule has 7 nitrogen and oxygen atoms in total. The predicted octanol–water partition coefficient (Wildman–Crippen LogP) is 2.95. The Kier molecular flexibility index (Phi) is 6.22. The molecule has 1 heterocycles. The van der Waals surface area contributed by atoms with Gasteiger partial charge in [0.2, 0.25) is 5.91 Å². The van der Waals surface area contributed by atoms with Gasteiger partial charge in [0.25, 0.3) is 0 Å². The summed E-state index contributed by atoms with van der Waals surface area (Å²) in [5, 5.41) is 13.0. The number of benzene rings is 2. The van der Waals surface area contributed by atoms with Crippen molar-refractivity contribution in [3.8, 4) is 5.69 Å². The molecule has 0 spiro atoms. The summed E-state index contributed by atoms with van der Waals surface area (Å²) in [5.74, 6) is -0.417. The van der Waals surface area contributed by atoms with Crippen molar-refractivity contribution < 1.29 is 9.59 Å². The fourth-order valence-corrected chi connectivity index (χ4v) is 3.49. The zero-order chi connectivity index (χ0) is 19.1. The number of nitrogens with one attached hydrogen (secondary N) is 2. The predicted molar refractivity (Wildman–Crippen MR) is 104 cm³/mol. The molecule has 3 rings (SSSR count). The van der Waals surface area contributed by atoms with Crippen molar-refractivity contribution >= 4 is 23.7 Å². The number of imide groups is 1. The number of urea groups is 1. The third-order valence-electron chi connectivity index (χ3n) is 3.69. The number of hydrogen-bond donors (Lipinski definition) is 2. The van der Waals surface area contributed by atoms with E-state index in [1.165, 1.54) is 11.8 Å². The number of carbonyl (C=O) groups excluding carboxylic acids is 2. The maximum absolute atomic E-state index is 12.8. The molecule has 1 atom stereocenters. The van der Waals surface area contributed by atoms with Gasteiger partial charge in [-0.3, -0.25) is 14.7 Å². The highest BCUT2D eigenvalue weighted by molar-refractivity contribution is 8.00. The van der Waals surface area contributed by atoms with Crippen LogP contribution in [0.15, 0.2) is 72.1 Å². The minimum Gasteiger partial charge on any atom is -0.338 e. The van der Waals surface area contributed by atoms with Crippen LogP contribution in [0.4, 0.5) is 4.79 Å². The molecular weight excluding hydrogens is 362 g/mol. The van der Waals surface area contributed by atoms with E-state index in [0.29, 0.717) is 11.7 Å². The maximum Gasteiger partial charge on any atom is 0.321 e. The monoisotopic (exact) mass is 381 g/mol. The van der Waals surface area contributed by atoms with Gasteiger partial charge in [-0.2, -0.15) is 0 Å². The molecule has 0 unspecified atom stereocenters. The van der Waals surface area contributed by atoms with E-state index >= 15 is 0 Å². The molecule has 2 aromatic carbocycles. The van der Waals surface area contributed by atoms with E-state index in [0.717, 1.165) is 11.3 Å². The van der Waals surface area contributed by atoms with Crippen LogP contribution in [-0.2, 0) is 4.79 Å². The summed E-state index contributed by atoms with van der Waals surface area (Å²) in [6.07, 6.45) is 1.60. The number of para-hydroxylation sites is 1. The lowest BCUT2D eigenvalue weighted by molar-refractivity contribution is -0.119. The molecule has 3 amide bonds. The number of amides is 3. The second-order valence-electron chi connectivity index (χ2n) is 5.58. The maximum atomic E-state index is 12.8. The highest BCUT2D eigenvalue weighted by atomic mass is 32.2. The van der Waals surface area contributed by atoms with Crippen LogP contribution in [0.25, 0.3) is 5.69 Å². The first-order valence-corrected chi connectivity index (χ1v) is 9.32. The third kappa shape index (κ3) is 4.73. The lowest BCUT2D eigenvalue weighted by atomic mass is 10.1. The Balaban J connectivity index is 1.88. The molecule has 0 saturated heterocycles. The molecule has 0 fully saturated rings. The highest BCUT2D eigenvalue weighted by Crippen LogP contribution is 2.35. The average molecular weight is 381 g/mol. The smallest absolute Gasteiger partial charge is 0.321 e. The summed E-state index contributed by atoms with van der Waals surface area (Å²) in [4.78, 5) is 24.5. The Morgan fingerprint density at radius 2 is 1.74 bits per heavy atom. The van der Waals surface area contributed by atoms with Gasteiger partial charge in [-0.15, -0.1) is 10.2 Å². The molecule has 8 heteroatoms. The van der Waals surface area contributed by atoms with Gasteiger partial charge < -0.3 is 5.32 Å². The number of rotatable bonds is 6. The molecular formula is C19H19N5O2S. The normalized spacial score (nSPS) is 11.6. The van der Waals surface area contributed by atoms with Crippen LogP contribution < -0.4 is 10.6 Å². The van der Waals surface area contributed by atoms with Gasteiger partial charge in [0.15, 0.2) is 5.16 Å². The summed E-state index contributed by atoms with van der Waals surface area (Å²) < 4.78 is 1.81. The number of nitrogens with zero attached hydrogens (tertiary/aromatic N) is 3. The molecule has 0 aliphatic heterocycles. The number of hydrogen-bond acceptors (Lipinski definition) is 5. The molecule has 138 valence electrons. The fourth-order valence-electron chi connectivity index (χ4n) is 2.46. The molecule has 0 bridgehead atoms. The van der Waals surface area contributed by atoms with Crippen molar-refractivity contribution in [3.05, 3.63) is 72.6 Å². The van der Waals surface area contributed by atoms with E-state index in [1.54, 1.807) is 17.8 Å². The quantitative estimate of drug-likeness (QED) is 0.641. The molecule has 3 aromatic rings. The summed E-state index contributed by atoms with van der Waals surface area (Å²) in [6, 6.07) is 18.4. The molecule has 2 N–H and O–H groups in total. The summed E-state index contributed by atoms with van der Waals surface area (Å²) in [5.41, 5.74) is 1.66. The second-order valence-corrected chi connectivity index (χ2v) is 6.65. The van der Waals surface area contributed by atoms with E-state index in [2.05, 4.69) is 20.8 Å². The van der Waals surface area contributed by atoms with E-state index in [1.807, 2.05) is 60.7 Å². The van der Waals surface area contributed by atoms with Crippen LogP contribution in [-0.4, -0.2) is 33.2 Å². The fraction of sp³-hybridized carbons (Fsp3) is 0.158. The van der Waals surface area contributed by atoms with Crippen LogP contribution in [0.1, 0.15) is 17.7 Å². The van der Waals surface area contributed by atoms with Crippen LogP contribution in [0.5, 0.6) is 0 Å². The number of aromatic nitrogens is 3. The van der Waals surface area contributed by atoms with Crippen molar-refractivity contribution in [3.63, 3.8) is 0 Å². The van der Waals surface area contributed by atoms with Crippen LogP contribution in [0.3, 0.4) is 0 Å². The van der Waals surface area contributed by atoms with E-state index < -0.39 is 17.2 Å². The lowest BCUT2D eigenvalue weighted by Crippen LogP contribution is -2.41. The lowest BCUT2D eigenvalue weighted by Gasteiger charge is -2.16. The Bertz CT molecular complexity index is 899. The summed E-state index contributed by atoms with van der Waals surface area (Å²) in [7, 11) is 0. The van der Waals surface area contributed by atoms with Gasteiger partial charge in [0.1, 0.15) is 11.6 Å². The van der Waals surface area contributed by atoms with Gasteiger partial charge in [-0.25, -0.2) is 4.79 Å². The minimum absolute atomic E-state index is 0.417.